The van der Waals surface area contributed by atoms with E-state index in [0.29, 0.717) is 31.7 Å². The van der Waals surface area contributed by atoms with Crippen LogP contribution in [0.3, 0.4) is 0 Å². The lowest BCUT2D eigenvalue weighted by Gasteiger charge is -2.52. The van der Waals surface area contributed by atoms with Gasteiger partial charge in [0, 0.05) is 39.3 Å². The number of hydrogen-bond donors (Lipinski definition) is 6. The highest BCUT2D eigenvalue weighted by molar-refractivity contribution is 6.32. The molecule has 0 bridgehead atoms. The molecule has 18 heteroatoms. The maximum absolute atomic E-state index is 14.2. The van der Waals surface area contributed by atoms with Crippen LogP contribution >= 0.6 is 0 Å². The first-order chi connectivity index (χ1) is 20.3. The van der Waals surface area contributed by atoms with Gasteiger partial charge in [-0.25, -0.2) is 19.2 Å². The second kappa shape index (κ2) is 8.66. The normalized spacial score (nSPS) is 18.7. The largest absolute Gasteiger partial charge is 0.504 e. The van der Waals surface area contributed by atoms with Gasteiger partial charge in [-0.2, -0.15) is 0 Å². The number of imide groups is 4. The minimum absolute atomic E-state index is 0.319. The van der Waals surface area contributed by atoms with Gasteiger partial charge in [-0.1, -0.05) is 0 Å². The van der Waals surface area contributed by atoms with Crippen molar-refractivity contribution in [1.82, 2.24) is 19.6 Å². The molecule has 1 aliphatic carbocycles. The van der Waals surface area contributed by atoms with Crippen molar-refractivity contribution >= 4 is 47.6 Å². The van der Waals surface area contributed by atoms with Crippen molar-refractivity contribution in [3.05, 3.63) is 45.5 Å². The van der Waals surface area contributed by atoms with Crippen molar-refractivity contribution in [2.45, 2.75) is 10.8 Å². The first kappa shape index (κ1) is 29.3. The van der Waals surface area contributed by atoms with Crippen LogP contribution in [0.25, 0.3) is 0 Å². The van der Waals surface area contributed by atoms with Crippen molar-refractivity contribution in [3.8, 4) is 23.0 Å². The Morgan fingerprint density at radius 1 is 0.545 bits per heavy atom. The Morgan fingerprint density at radius 2 is 0.795 bits per heavy atom. The first-order valence-corrected chi connectivity index (χ1v) is 12.2. The molecule has 0 unspecified atom stereocenters. The van der Waals surface area contributed by atoms with Gasteiger partial charge >= 0.3 is 24.0 Å². The molecule has 0 radical (unpaired) electrons. The molecule has 3 aliphatic rings. The summed E-state index contributed by atoms with van der Waals surface area (Å²) in [6.45, 7) is 0. The highest BCUT2D eigenvalue weighted by Gasteiger charge is 2.72. The Balaban J connectivity index is 2.24. The molecule has 2 saturated heterocycles. The van der Waals surface area contributed by atoms with Crippen molar-refractivity contribution in [2.24, 2.45) is 0 Å². The summed E-state index contributed by atoms with van der Waals surface area (Å²) in [5, 5.41) is 63.4. The van der Waals surface area contributed by atoms with E-state index >= 15 is 0 Å². The molecule has 0 aromatic heterocycles. The number of phenols is 4. The zero-order valence-electron chi connectivity index (χ0n) is 22.9. The quantitative estimate of drug-likeness (QED) is 0.173. The fourth-order valence-electron chi connectivity index (χ4n) is 6.25. The summed E-state index contributed by atoms with van der Waals surface area (Å²) in [7, 11) is 3.43. The lowest BCUT2D eigenvalue weighted by Crippen LogP contribution is -2.72. The number of fused-ring (bicyclic) bond motifs is 6. The molecule has 0 atom stereocenters. The lowest BCUT2D eigenvalue weighted by molar-refractivity contribution is -0.152. The molecule has 6 N–H and O–H groups in total. The van der Waals surface area contributed by atoms with Gasteiger partial charge in [0.15, 0.2) is 33.8 Å². The zero-order valence-corrected chi connectivity index (χ0v) is 22.9. The predicted octanol–water partition coefficient (Wildman–Crippen LogP) is -1.11. The van der Waals surface area contributed by atoms with E-state index in [4.69, 9.17) is 0 Å². The molecule has 2 aliphatic heterocycles. The average Bonchev–Trinajstić information content (AvgIpc) is 2.96. The van der Waals surface area contributed by atoms with Crippen molar-refractivity contribution in [3.63, 3.8) is 0 Å². The van der Waals surface area contributed by atoms with E-state index in [-0.39, 0.29) is 0 Å². The molecule has 228 valence electrons. The number of aromatic carboxylic acids is 2. The van der Waals surface area contributed by atoms with E-state index < -0.39 is 115 Å². The molecule has 2 fully saturated rings. The van der Waals surface area contributed by atoms with E-state index in [1.807, 2.05) is 0 Å². The van der Waals surface area contributed by atoms with Crippen molar-refractivity contribution < 1.29 is 69.0 Å². The Kier molecular flexibility index (Phi) is 5.77. The molecular weight excluding hydrogens is 592 g/mol. The smallest absolute Gasteiger partial charge is 0.339 e. The van der Waals surface area contributed by atoms with Crippen LogP contribution in [0.1, 0.15) is 43.0 Å². The van der Waals surface area contributed by atoms with Gasteiger partial charge in [-0.3, -0.25) is 38.8 Å². The number of barbiturate groups is 2. The maximum Gasteiger partial charge on any atom is 0.339 e. The summed E-state index contributed by atoms with van der Waals surface area (Å²) < 4.78 is 0. The first-order valence-electron chi connectivity index (χ1n) is 12.2. The molecule has 18 nitrogen and oxygen atoms in total. The van der Waals surface area contributed by atoms with Crippen LogP contribution in [0, 0.1) is 0 Å². The van der Waals surface area contributed by atoms with Gasteiger partial charge in [0.1, 0.15) is 11.1 Å². The number of nitrogens with zero attached hydrogens (tertiary/aromatic N) is 4. The highest BCUT2D eigenvalue weighted by Crippen LogP contribution is 2.60. The number of aromatic hydroxyl groups is 4. The van der Waals surface area contributed by atoms with Crippen LogP contribution < -0.4 is 0 Å². The molecule has 2 heterocycles. The SMILES string of the molecule is CN1C(=O)N(C)C(=O)C2(C1=O)c1cc(O)c(O)c(C(=O)O)c1C1(C(=O)N(C)C(=O)N(C)C1=O)c1cc(O)c(O)c(C(=O)O)c12. The fourth-order valence-corrected chi connectivity index (χ4v) is 6.25. The number of carbonyl (C=O) groups excluding carboxylic acids is 6. The molecule has 2 spiro atoms. The van der Waals surface area contributed by atoms with Gasteiger partial charge in [-0.05, 0) is 23.3 Å². The summed E-state index contributed by atoms with van der Waals surface area (Å²) in [4.78, 5) is 109. The Labute approximate surface area is 244 Å². The van der Waals surface area contributed by atoms with Gasteiger partial charge in [-0.15, -0.1) is 0 Å². The number of phenolic OH excluding ortho intramolecular Hbond substituents is 2. The Hall–Kier alpha value is -6.20. The molecule has 8 amide bonds. The van der Waals surface area contributed by atoms with Gasteiger partial charge in [0.05, 0.1) is 0 Å². The zero-order chi connectivity index (χ0) is 33.1. The summed E-state index contributed by atoms with van der Waals surface area (Å²) >= 11 is 0. The molecule has 2 aromatic rings. The van der Waals surface area contributed by atoms with Crippen LogP contribution in [-0.4, -0.2) is 126 Å². The average molecular weight is 612 g/mol. The molecule has 0 saturated carbocycles. The third-order valence-electron chi connectivity index (χ3n) is 8.19. The minimum Gasteiger partial charge on any atom is -0.504 e. The minimum atomic E-state index is -3.26. The standard InChI is InChI=1S/C26H20N4O14/c1-27-19(39)25(20(40)28(2)23(27)43)7-5-9(31)16(34)12(18(37)38)14(7)26(21(41)29(3)24(44)30(4)22(26)42)8-6-10(32)15(33)11(13(8)25)17(35)36/h5-6,31-34H,1-4H3,(H,35,36)(H,37,38). The number of amides is 8. The number of carboxylic acid groups (broad SMARTS) is 2. The van der Waals surface area contributed by atoms with E-state index in [2.05, 4.69) is 0 Å². The van der Waals surface area contributed by atoms with Gasteiger partial charge in [0.25, 0.3) is 23.6 Å². The van der Waals surface area contributed by atoms with E-state index in [1.54, 1.807) is 0 Å². The monoisotopic (exact) mass is 612 g/mol. The summed E-state index contributed by atoms with van der Waals surface area (Å²) in [5.41, 5.74) is -13.8. The molecule has 44 heavy (non-hydrogen) atoms. The number of likely N-dealkylation sites (N-methyl/N-ethyl adjacent to an activating group) is 4. The Bertz CT molecular complexity index is 1680. The number of carboxylic acids is 2. The van der Waals surface area contributed by atoms with E-state index in [1.165, 1.54) is 0 Å². The summed E-state index contributed by atoms with van der Waals surface area (Å²) in [6.07, 6.45) is 0. The molecular formula is C26H20N4O14. The Morgan fingerprint density at radius 3 is 1.02 bits per heavy atom. The summed E-state index contributed by atoms with van der Waals surface area (Å²) in [6, 6.07) is -1.65. The maximum atomic E-state index is 14.2. The fraction of sp³-hybridized carbons (Fsp3) is 0.231. The van der Waals surface area contributed by atoms with Crippen LogP contribution in [0.2, 0.25) is 0 Å². The number of urea groups is 2. The number of benzene rings is 2. The van der Waals surface area contributed by atoms with Crippen LogP contribution in [-0.2, 0) is 30.0 Å². The molecule has 5 rings (SSSR count). The highest BCUT2D eigenvalue weighted by atomic mass is 16.4. The van der Waals surface area contributed by atoms with Gasteiger partial charge in [0.2, 0.25) is 0 Å². The van der Waals surface area contributed by atoms with E-state index in [0.717, 1.165) is 28.2 Å². The number of rotatable bonds is 2. The van der Waals surface area contributed by atoms with Crippen LogP contribution in [0.5, 0.6) is 23.0 Å². The van der Waals surface area contributed by atoms with Crippen molar-refractivity contribution in [1.29, 1.82) is 0 Å². The number of hydrogen-bond acceptors (Lipinski definition) is 12. The lowest BCUT2D eigenvalue weighted by atomic mass is 9.52. The summed E-state index contributed by atoms with van der Waals surface area (Å²) in [5.74, 6) is -16.2. The molecule has 2 aromatic carbocycles. The second-order valence-electron chi connectivity index (χ2n) is 10.2. The second-order valence-corrected chi connectivity index (χ2v) is 10.2. The third-order valence-corrected chi connectivity index (χ3v) is 8.19. The third kappa shape index (κ3) is 2.92. The number of carbonyl (C=O) groups is 8. The van der Waals surface area contributed by atoms with Gasteiger partial charge < -0.3 is 30.6 Å². The van der Waals surface area contributed by atoms with E-state index in [9.17, 15) is 69.0 Å². The predicted molar refractivity (Wildman–Crippen MR) is 137 cm³/mol. The van der Waals surface area contributed by atoms with Crippen molar-refractivity contribution in [2.75, 3.05) is 28.2 Å². The van der Waals surface area contributed by atoms with Crippen LogP contribution in [0.15, 0.2) is 12.1 Å². The van der Waals surface area contributed by atoms with Crippen LogP contribution in [0.4, 0.5) is 9.59 Å². The topological polar surface area (TPSA) is 271 Å².